The van der Waals surface area contributed by atoms with Gasteiger partial charge in [0.2, 0.25) is 0 Å². The molecule has 4 atom stereocenters. The van der Waals surface area contributed by atoms with Crippen molar-refractivity contribution < 1.29 is 17.7 Å². The average Bonchev–Trinajstić information content (AvgIpc) is 3.05. The summed E-state index contributed by atoms with van der Waals surface area (Å²) >= 11 is 0. The van der Waals surface area contributed by atoms with Gasteiger partial charge in [-0.05, 0) is 74.7 Å². The van der Waals surface area contributed by atoms with Gasteiger partial charge in [0, 0.05) is 33.7 Å². The summed E-state index contributed by atoms with van der Waals surface area (Å²) in [6, 6.07) is 9.06. The van der Waals surface area contributed by atoms with E-state index in [1.165, 1.54) is 40.0 Å². The van der Waals surface area contributed by atoms with Gasteiger partial charge in [-0.1, -0.05) is 109 Å². The number of hydrogen-bond donors (Lipinski definition) is 0. The molecule has 214 valence electrons. The van der Waals surface area contributed by atoms with Gasteiger partial charge in [-0.2, -0.15) is 13.2 Å². The minimum atomic E-state index is -4.48. The summed E-state index contributed by atoms with van der Waals surface area (Å²) in [5, 5.41) is 1.86. The summed E-state index contributed by atoms with van der Waals surface area (Å²) in [5.74, 6) is 0.196. The van der Waals surface area contributed by atoms with Gasteiger partial charge in [-0.15, -0.1) is 0 Å². The number of rotatable bonds is 3. The lowest BCUT2D eigenvalue weighted by Crippen LogP contribution is -2.32. The molecule has 5 heteroatoms. The Kier molecular flexibility index (Phi) is 5.36. The molecule has 0 N–H and O–H groups in total. The number of allylic oxidation sites excluding steroid dienone is 21. The molecule has 7 aliphatic rings. The third-order valence-corrected chi connectivity index (χ3v) is 13.3. The summed E-state index contributed by atoms with van der Waals surface area (Å²) in [5.41, 5.74) is 9.58. The molecule has 44 heavy (non-hydrogen) atoms. The Morgan fingerprint density at radius 1 is 0.659 bits per heavy atom. The second-order valence-electron chi connectivity index (χ2n) is 12.2. The number of halogens is 3. The zero-order valence-electron chi connectivity index (χ0n) is 23.6. The van der Waals surface area contributed by atoms with Crippen LogP contribution in [0.4, 0.5) is 13.2 Å². The van der Waals surface area contributed by atoms with Gasteiger partial charge >= 0.3 is 6.18 Å². The predicted octanol–water partition coefficient (Wildman–Crippen LogP) is 9.10. The van der Waals surface area contributed by atoms with Crippen LogP contribution in [-0.4, -0.2) is 0 Å². The van der Waals surface area contributed by atoms with Gasteiger partial charge in [0.1, 0.15) is 0 Å². The van der Waals surface area contributed by atoms with Crippen molar-refractivity contribution in [2.24, 2.45) is 11.8 Å². The van der Waals surface area contributed by atoms with E-state index in [0.29, 0.717) is 17.0 Å². The Balaban J connectivity index is 1.32. The molecular weight excluding hydrogens is 572 g/mol. The molecule has 2 aromatic carbocycles. The second-order valence-corrected chi connectivity index (χ2v) is 14.9. The highest BCUT2D eigenvalue weighted by molar-refractivity contribution is 7.82. The maximum Gasteiger partial charge on any atom is 0.416 e. The molecule has 0 saturated heterocycles. The van der Waals surface area contributed by atoms with E-state index in [4.69, 9.17) is 0 Å². The molecule has 4 unspecified atom stereocenters. The molecule has 2 aromatic rings. The van der Waals surface area contributed by atoms with E-state index in [2.05, 4.69) is 85.1 Å². The van der Waals surface area contributed by atoms with Crippen LogP contribution in [0.3, 0.4) is 0 Å². The highest BCUT2D eigenvalue weighted by Crippen LogP contribution is 2.61. The van der Waals surface area contributed by atoms with Crippen LogP contribution in [0, 0.1) is 11.8 Å². The van der Waals surface area contributed by atoms with Gasteiger partial charge in [-0.25, -0.2) is 0 Å². The Morgan fingerprint density at radius 3 is 2.14 bits per heavy atom. The largest absolute Gasteiger partial charge is 0.416 e. The minimum Gasteiger partial charge on any atom is -0.309 e. The highest BCUT2D eigenvalue weighted by Gasteiger charge is 2.45. The molecular formula is C39H26F3OP. The molecule has 7 aliphatic carbocycles. The van der Waals surface area contributed by atoms with Crippen molar-refractivity contribution in [3.63, 3.8) is 0 Å². The first-order valence-corrected chi connectivity index (χ1v) is 16.6. The zero-order valence-corrected chi connectivity index (χ0v) is 24.4. The maximum absolute atomic E-state index is 16.2. The average molecular weight is 599 g/mol. The third kappa shape index (κ3) is 3.52. The van der Waals surface area contributed by atoms with E-state index in [1.807, 2.05) is 18.2 Å². The van der Waals surface area contributed by atoms with Gasteiger partial charge in [-0.3, -0.25) is 0 Å². The van der Waals surface area contributed by atoms with Crippen LogP contribution in [0.1, 0.15) is 28.2 Å². The Labute approximate surface area is 254 Å². The molecule has 0 spiro atoms. The molecule has 0 aromatic heterocycles. The fourth-order valence-electron chi connectivity index (χ4n) is 8.14. The summed E-state index contributed by atoms with van der Waals surface area (Å²) in [4.78, 5) is 0. The predicted molar refractivity (Wildman–Crippen MR) is 171 cm³/mol. The van der Waals surface area contributed by atoms with E-state index >= 15 is 4.57 Å². The molecule has 9 rings (SSSR count). The number of benzene rings is 2. The summed E-state index contributed by atoms with van der Waals surface area (Å²) in [7, 11) is -3.65. The van der Waals surface area contributed by atoms with Crippen molar-refractivity contribution in [1.29, 1.82) is 0 Å². The Hall–Kier alpha value is -4.40. The molecule has 0 fully saturated rings. The lowest BCUT2D eigenvalue weighted by molar-refractivity contribution is -0.137. The van der Waals surface area contributed by atoms with E-state index in [0.717, 1.165) is 39.7 Å². The fourth-order valence-corrected chi connectivity index (χ4v) is 11.3. The molecule has 0 radical (unpaired) electrons. The minimum absolute atomic E-state index is 0.000376. The van der Waals surface area contributed by atoms with Crippen LogP contribution in [0.2, 0.25) is 0 Å². The lowest BCUT2D eigenvalue weighted by Gasteiger charge is -2.42. The van der Waals surface area contributed by atoms with Crippen molar-refractivity contribution in [2.75, 3.05) is 0 Å². The topological polar surface area (TPSA) is 17.1 Å². The van der Waals surface area contributed by atoms with Crippen molar-refractivity contribution in [2.45, 2.75) is 18.5 Å². The number of hydrogen-bond acceptors (Lipinski definition) is 1. The van der Waals surface area contributed by atoms with Crippen molar-refractivity contribution in [1.82, 2.24) is 0 Å². The first-order chi connectivity index (χ1) is 21.3. The van der Waals surface area contributed by atoms with Crippen LogP contribution >= 0.6 is 7.14 Å². The van der Waals surface area contributed by atoms with E-state index in [1.54, 1.807) is 0 Å². The molecule has 0 saturated carbocycles. The van der Waals surface area contributed by atoms with Crippen LogP contribution in [0.5, 0.6) is 0 Å². The number of alkyl halides is 3. The van der Waals surface area contributed by atoms with E-state index < -0.39 is 18.9 Å². The van der Waals surface area contributed by atoms with Gasteiger partial charge in [0.15, 0.2) is 7.14 Å². The second kappa shape index (κ2) is 9.06. The SMILES string of the molecule is O=P(C1=C2C=CC3=CC=CC4=CC=C(C=C1)C2C34)(c1ccc(C(F)(F)F)cc1)c1ccc2c3c1CC=C1C=CC=C(C=C2)C13. The molecule has 0 amide bonds. The highest BCUT2D eigenvalue weighted by atomic mass is 31.2. The lowest BCUT2D eigenvalue weighted by atomic mass is 9.64. The van der Waals surface area contributed by atoms with Crippen molar-refractivity contribution >= 4 is 23.8 Å². The third-order valence-electron chi connectivity index (χ3n) is 10.1. The summed E-state index contributed by atoms with van der Waals surface area (Å²) < 4.78 is 57.3. The quantitative estimate of drug-likeness (QED) is 0.322. The zero-order chi connectivity index (χ0) is 29.8. The Bertz CT molecular complexity index is 2100. The summed E-state index contributed by atoms with van der Waals surface area (Å²) in [6.07, 6.45) is 27.9. The first kappa shape index (κ1) is 26.0. The maximum atomic E-state index is 16.2. The molecule has 0 heterocycles. The van der Waals surface area contributed by atoms with Crippen LogP contribution in [0.15, 0.2) is 160 Å². The molecule has 1 nitrogen and oxygen atoms in total. The Morgan fingerprint density at radius 2 is 1.34 bits per heavy atom. The van der Waals surface area contributed by atoms with Gasteiger partial charge in [0.25, 0.3) is 0 Å². The van der Waals surface area contributed by atoms with Crippen molar-refractivity contribution in [3.05, 3.63) is 182 Å². The smallest absolute Gasteiger partial charge is 0.309 e. The van der Waals surface area contributed by atoms with E-state index in [9.17, 15) is 13.2 Å². The summed E-state index contributed by atoms with van der Waals surface area (Å²) in [6.45, 7) is 0. The van der Waals surface area contributed by atoms with Crippen LogP contribution in [0.25, 0.3) is 6.08 Å². The van der Waals surface area contributed by atoms with Gasteiger partial charge in [0.05, 0.1) is 5.56 Å². The van der Waals surface area contributed by atoms with Crippen LogP contribution in [-0.2, 0) is 17.2 Å². The van der Waals surface area contributed by atoms with Crippen LogP contribution < -0.4 is 10.6 Å². The van der Waals surface area contributed by atoms with Gasteiger partial charge < -0.3 is 4.57 Å². The van der Waals surface area contributed by atoms with E-state index in [-0.39, 0.29) is 17.8 Å². The fraction of sp³-hybridized carbons (Fsp3) is 0.128. The first-order valence-electron chi connectivity index (χ1n) is 14.9. The molecule has 0 bridgehead atoms. The molecule has 0 aliphatic heterocycles. The standard InChI is InChI=1S/C39H26F3OP/c40-39(41,42)29-15-17-30(18-16-29)44(43,33-21-13-27-9-7-23-3-1-5-25-11-19-31(33)37(27)35(23)25)34-22-14-28-10-8-24-4-2-6-26-12-20-32(34)38(28)36(24)26/h1-19,21-22,35-37H,20H2. The normalized spacial score (nSPS) is 26.2. The van der Waals surface area contributed by atoms with Crippen molar-refractivity contribution in [3.8, 4) is 0 Å². The monoisotopic (exact) mass is 598 g/mol.